The van der Waals surface area contributed by atoms with Crippen LogP contribution in [0.3, 0.4) is 0 Å². The maximum atomic E-state index is 11.7. The van der Waals surface area contributed by atoms with Crippen LogP contribution in [-0.4, -0.2) is 28.5 Å². The van der Waals surface area contributed by atoms with Crippen LogP contribution >= 0.6 is 0 Å². The number of rotatable bonds is 6. The summed E-state index contributed by atoms with van der Waals surface area (Å²) < 4.78 is 11.8. The minimum absolute atomic E-state index is 0.341. The Hall–Kier alpha value is -0.396. The summed E-state index contributed by atoms with van der Waals surface area (Å²) in [7, 11) is -3.04. The average molecular weight is 275 g/mol. The lowest BCUT2D eigenvalue weighted by Crippen LogP contribution is -2.54. The molecule has 0 aliphatic carbocycles. The number of carbonyl (C=O) groups excluding carboxylic acids is 1. The second-order valence-electron chi connectivity index (χ2n) is 5.70. The topological polar surface area (TPSA) is 35.5 Å². The fraction of sp³-hybridized carbons (Fsp3) is 0.750. The van der Waals surface area contributed by atoms with Gasteiger partial charge in [0.2, 0.25) is 0 Å². The van der Waals surface area contributed by atoms with Gasteiger partial charge in [0, 0.05) is 12.0 Å². The lowest BCUT2D eigenvalue weighted by molar-refractivity contribution is -0.172. The van der Waals surface area contributed by atoms with Crippen molar-refractivity contribution in [3.05, 3.63) is 12.2 Å². The van der Waals surface area contributed by atoms with Gasteiger partial charge in [-0.15, -0.1) is 0 Å². The molecule has 17 heavy (non-hydrogen) atoms. The van der Waals surface area contributed by atoms with E-state index in [0.29, 0.717) is 12.0 Å². The first-order valence-electron chi connectivity index (χ1n) is 6.13. The summed E-state index contributed by atoms with van der Waals surface area (Å²) in [5.74, 6) is -0.341. The van der Waals surface area contributed by atoms with Crippen molar-refractivity contribution in [2.75, 3.05) is 0 Å². The van der Waals surface area contributed by atoms with Gasteiger partial charge in [-0.25, -0.2) is 4.79 Å². The van der Waals surface area contributed by atoms with Gasteiger partial charge in [-0.05, 0) is 26.6 Å². The summed E-state index contributed by atoms with van der Waals surface area (Å²) in [4.78, 5) is 11.7. The van der Waals surface area contributed by atoms with E-state index in [-0.39, 0.29) is 5.97 Å². The van der Waals surface area contributed by atoms with Gasteiger partial charge in [-0.2, -0.15) is 0 Å². The van der Waals surface area contributed by atoms with Crippen LogP contribution in [0.4, 0.5) is 0 Å². The molecular formula is C12H26O3Si2. The lowest BCUT2D eigenvalue weighted by Gasteiger charge is -2.40. The Kier molecular flexibility index (Phi) is 5.83. The van der Waals surface area contributed by atoms with Crippen LogP contribution in [-0.2, 0) is 14.0 Å². The molecule has 0 N–H and O–H groups in total. The number of ether oxygens (including phenoxy) is 1. The normalized spacial score (nSPS) is 15.5. The molecule has 100 valence electrons. The number of esters is 1. The van der Waals surface area contributed by atoms with Gasteiger partial charge in [0.1, 0.15) is 8.80 Å². The number of hydrogen-bond donors (Lipinski definition) is 0. The zero-order valence-electron chi connectivity index (χ0n) is 12.2. The highest BCUT2D eigenvalue weighted by atomic mass is 28.4. The standard InChI is InChI=1S/C12H26O3Si2/c1-9-12(16(4)5,15-17(6,7)8)14-11(13)10(2)3/h16H,2,9H2,1,3-8H3. The zero-order valence-corrected chi connectivity index (χ0v) is 14.4. The Morgan fingerprint density at radius 3 is 2.06 bits per heavy atom. The maximum absolute atomic E-state index is 11.7. The van der Waals surface area contributed by atoms with E-state index < -0.39 is 22.5 Å². The van der Waals surface area contributed by atoms with E-state index in [1.54, 1.807) is 6.92 Å². The second kappa shape index (κ2) is 5.97. The Morgan fingerprint density at radius 1 is 1.35 bits per heavy atom. The largest absolute Gasteiger partial charge is 0.435 e. The lowest BCUT2D eigenvalue weighted by atomic mass is 10.3. The number of carbonyl (C=O) groups is 1. The van der Waals surface area contributed by atoms with Crippen molar-refractivity contribution in [1.29, 1.82) is 0 Å². The van der Waals surface area contributed by atoms with Crippen molar-refractivity contribution < 1.29 is 14.0 Å². The van der Waals surface area contributed by atoms with Gasteiger partial charge < -0.3 is 9.16 Å². The molecule has 1 unspecified atom stereocenters. The van der Waals surface area contributed by atoms with Gasteiger partial charge in [0.05, 0.1) is 0 Å². The molecule has 0 spiro atoms. The molecule has 3 nitrogen and oxygen atoms in total. The predicted molar refractivity (Wildman–Crippen MR) is 77.2 cm³/mol. The molecule has 0 saturated carbocycles. The Labute approximate surface area is 108 Å². The third-order valence-corrected chi connectivity index (χ3v) is 6.06. The molecular weight excluding hydrogens is 248 g/mol. The smallest absolute Gasteiger partial charge is 0.335 e. The summed E-state index contributed by atoms with van der Waals surface area (Å²) in [6.45, 7) is 17.9. The van der Waals surface area contributed by atoms with E-state index in [9.17, 15) is 4.79 Å². The predicted octanol–water partition coefficient (Wildman–Crippen LogP) is 3.09. The van der Waals surface area contributed by atoms with E-state index in [2.05, 4.69) is 39.3 Å². The van der Waals surface area contributed by atoms with E-state index in [1.807, 2.05) is 6.92 Å². The van der Waals surface area contributed by atoms with Gasteiger partial charge in [0.15, 0.2) is 13.7 Å². The van der Waals surface area contributed by atoms with E-state index in [0.717, 1.165) is 0 Å². The van der Waals surface area contributed by atoms with Crippen molar-refractivity contribution >= 4 is 23.1 Å². The highest BCUT2D eigenvalue weighted by Crippen LogP contribution is 2.27. The summed E-state index contributed by atoms with van der Waals surface area (Å²) in [5.41, 5.74) is -0.253. The molecule has 1 atom stereocenters. The molecule has 0 aliphatic heterocycles. The first-order valence-corrected chi connectivity index (χ1v) is 12.4. The van der Waals surface area contributed by atoms with E-state index >= 15 is 0 Å². The monoisotopic (exact) mass is 274 g/mol. The van der Waals surface area contributed by atoms with Crippen LogP contribution in [0.2, 0.25) is 32.7 Å². The minimum atomic E-state index is -1.75. The second-order valence-corrected chi connectivity index (χ2v) is 13.3. The molecule has 5 heteroatoms. The van der Waals surface area contributed by atoms with E-state index in [4.69, 9.17) is 9.16 Å². The third-order valence-electron chi connectivity index (χ3n) is 2.47. The Bertz CT molecular complexity index is 295. The van der Waals surface area contributed by atoms with Gasteiger partial charge in [0.25, 0.3) is 0 Å². The molecule has 0 saturated heterocycles. The summed E-state index contributed by atoms with van der Waals surface area (Å²) >= 11 is 0. The Morgan fingerprint density at radius 2 is 1.82 bits per heavy atom. The Balaban J connectivity index is 5.09. The zero-order chi connectivity index (χ0) is 13.9. The highest BCUT2D eigenvalue weighted by Gasteiger charge is 2.41. The van der Waals surface area contributed by atoms with Gasteiger partial charge >= 0.3 is 5.97 Å². The summed E-state index contributed by atoms with van der Waals surface area (Å²) in [5, 5.41) is 0. The molecule has 0 aromatic rings. The first kappa shape index (κ1) is 16.6. The molecule has 0 aliphatic rings. The van der Waals surface area contributed by atoms with Crippen LogP contribution in [0.25, 0.3) is 0 Å². The van der Waals surface area contributed by atoms with E-state index in [1.165, 1.54) is 0 Å². The van der Waals surface area contributed by atoms with Crippen LogP contribution in [0.5, 0.6) is 0 Å². The van der Waals surface area contributed by atoms with Crippen LogP contribution in [0, 0.1) is 0 Å². The quantitative estimate of drug-likeness (QED) is 0.323. The van der Waals surface area contributed by atoms with Crippen molar-refractivity contribution in [3.8, 4) is 0 Å². The van der Waals surface area contributed by atoms with Crippen LogP contribution in [0.15, 0.2) is 12.2 Å². The van der Waals surface area contributed by atoms with Crippen LogP contribution < -0.4 is 0 Å². The fourth-order valence-corrected chi connectivity index (χ4v) is 5.96. The molecule has 0 aromatic carbocycles. The molecule has 0 bridgehead atoms. The van der Waals surface area contributed by atoms with Gasteiger partial charge in [-0.1, -0.05) is 26.6 Å². The molecule has 0 rings (SSSR count). The average Bonchev–Trinajstić information content (AvgIpc) is 2.13. The molecule has 0 fully saturated rings. The van der Waals surface area contributed by atoms with Crippen molar-refractivity contribution in [3.63, 3.8) is 0 Å². The maximum Gasteiger partial charge on any atom is 0.335 e. The molecule has 0 aromatic heterocycles. The third kappa shape index (κ3) is 5.18. The molecule has 0 heterocycles. The van der Waals surface area contributed by atoms with Gasteiger partial charge in [-0.3, -0.25) is 0 Å². The highest BCUT2D eigenvalue weighted by molar-refractivity contribution is 6.71. The van der Waals surface area contributed by atoms with Crippen LogP contribution in [0.1, 0.15) is 20.3 Å². The SMILES string of the molecule is C=C(C)C(=O)OC(CC)(O[Si](C)(C)C)[SiH](C)C. The minimum Gasteiger partial charge on any atom is -0.435 e. The van der Waals surface area contributed by atoms with Crippen molar-refractivity contribution in [2.24, 2.45) is 0 Å². The molecule has 0 radical (unpaired) electrons. The van der Waals surface area contributed by atoms with Crippen molar-refractivity contribution in [2.45, 2.75) is 58.4 Å². The summed E-state index contributed by atoms with van der Waals surface area (Å²) in [6.07, 6.45) is 0.709. The molecule has 0 amide bonds. The number of hydrogen-bond acceptors (Lipinski definition) is 3. The fourth-order valence-electron chi connectivity index (χ4n) is 1.57. The summed E-state index contributed by atoms with van der Waals surface area (Å²) in [6, 6.07) is 0. The van der Waals surface area contributed by atoms with Crippen molar-refractivity contribution in [1.82, 2.24) is 0 Å². The first-order chi connectivity index (χ1) is 7.54.